The van der Waals surface area contributed by atoms with Crippen molar-refractivity contribution < 1.29 is 4.74 Å². The summed E-state index contributed by atoms with van der Waals surface area (Å²) in [5.41, 5.74) is 4.34. The summed E-state index contributed by atoms with van der Waals surface area (Å²) in [5.74, 6) is 0.679. The minimum Gasteiger partial charge on any atom is -0.372 e. The van der Waals surface area contributed by atoms with Gasteiger partial charge in [-0.2, -0.15) is 0 Å². The third kappa shape index (κ3) is 4.06. The van der Waals surface area contributed by atoms with E-state index in [4.69, 9.17) is 9.72 Å². The van der Waals surface area contributed by atoms with Crippen LogP contribution in [0.1, 0.15) is 36.2 Å². The van der Waals surface area contributed by atoms with Crippen LogP contribution in [0.5, 0.6) is 0 Å². The van der Waals surface area contributed by atoms with Gasteiger partial charge in [-0.25, -0.2) is 4.98 Å². The fraction of sp³-hybridized carbons (Fsp3) is 0.524. The Bertz CT molecular complexity index is 851. The number of H-pyrrole nitrogens is 1. The summed E-state index contributed by atoms with van der Waals surface area (Å²) in [6.07, 6.45) is 1.01. The number of ether oxygens (including phenoxy) is 1. The number of fused-ring (bicyclic) bond motifs is 1. The predicted octanol–water partition coefficient (Wildman–Crippen LogP) is 2.25. The standard InChI is InChI=1S/C21H28N4O2/c1-14-4-6-17(7-5-14)12-24-9-8-18-19(13-24)22-21(23-20(18)26)25-10-15(2)27-16(3)11-25/h4-7,15-16H,8-13H2,1-3H3,(H,22,23,26)/t15-,16-/m0/s1. The highest BCUT2D eigenvalue weighted by atomic mass is 16.5. The van der Waals surface area contributed by atoms with Crippen LogP contribution in [0.25, 0.3) is 0 Å². The topological polar surface area (TPSA) is 61.5 Å². The molecule has 0 aliphatic carbocycles. The third-order valence-electron chi connectivity index (χ3n) is 5.39. The van der Waals surface area contributed by atoms with E-state index in [9.17, 15) is 4.79 Å². The lowest BCUT2D eigenvalue weighted by Crippen LogP contribution is -2.47. The summed E-state index contributed by atoms with van der Waals surface area (Å²) in [6, 6.07) is 8.65. The number of aromatic amines is 1. The molecule has 0 spiro atoms. The summed E-state index contributed by atoms with van der Waals surface area (Å²) in [7, 11) is 0. The van der Waals surface area contributed by atoms with Gasteiger partial charge in [0, 0.05) is 38.3 Å². The van der Waals surface area contributed by atoms with Gasteiger partial charge >= 0.3 is 0 Å². The van der Waals surface area contributed by atoms with E-state index >= 15 is 0 Å². The van der Waals surface area contributed by atoms with E-state index < -0.39 is 0 Å². The zero-order valence-corrected chi connectivity index (χ0v) is 16.4. The van der Waals surface area contributed by atoms with Crippen LogP contribution < -0.4 is 10.5 Å². The predicted molar refractivity (Wildman–Crippen MR) is 106 cm³/mol. The molecular formula is C21H28N4O2. The van der Waals surface area contributed by atoms with Crippen molar-refractivity contribution in [1.82, 2.24) is 14.9 Å². The molecule has 0 bridgehead atoms. The molecule has 1 saturated heterocycles. The Hall–Kier alpha value is -2.18. The fourth-order valence-electron chi connectivity index (χ4n) is 4.07. The zero-order valence-electron chi connectivity index (χ0n) is 16.4. The Kier molecular flexibility index (Phi) is 5.02. The molecule has 4 rings (SSSR count). The van der Waals surface area contributed by atoms with Gasteiger partial charge in [0.05, 0.1) is 17.9 Å². The first-order chi connectivity index (χ1) is 13.0. The largest absolute Gasteiger partial charge is 0.372 e. The van der Waals surface area contributed by atoms with Gasteiger partial charge in [-0.15, -0.1) is 0 Å². The average Bonchev–Trinajstić information content (AvgIpc) is 2.62. The molecule has 2 aromatic rings. The molecule has 2 aliphatic heterocycles. The Morgan fingerprint density at radius 3 is 2.59 bits per heavy atom. The van der Waals surface area contributed by atoms with Gasteiger partial charge in [-0.1, -0.05) is 29.8 Å². The van der Waals surface area contributed by atoms with Gasteiger partial charge in [0.15, 0.2) is 0 Å². The lowest BCUT2D eigenvalue weighted by Gasteiger charge is -2.36. The minimum atomic E-state index is 0.0109. The van der Waals surface area contributed by atoms with Gasteiger partial charge in [-0.3, -0.25) is 14.7 Å². The van der Waals surface area contributed by atoms with E-state index in [1.54, 1.807) is 0 Å². The second-order valence-electron chi connectivity index (χ2n) is 7.92. The number of anilines is 1. The van der Waals surface area contributed by atoms with Crippen LogP contribution in [-0.2, 0) is 24.2 Å². The smallest absolute Gasteiger partial charge is 0.255 e. The van der Waals surface area contributed by atoms with Gasteiger partial charge < -0.3 is 9.64 Å². The molecule has 0 saturated carbocycles. The van der Waals surface area contributed by atoms with E-state index in [1.807, 2.05) is 0 Å². The van der Waals surface area contributed by atoms with Crippen molar-refractivity contribution in [2.45, 2.75) is 52.5 Å². The van der Waals surface area contributed by atoms with Crippen molar-refractivity contribution in [2.75, 3.05) is 24.5 Å². The number of morpholine rings is 1. The minimum absolute atomic E-state index is 0.0109. The van der Waals surface area contributed by atoms with E-state index in [-0.39, 0.29) is 17.8 Å². The fourth-order valence-corrected chi connectivity index (χ4v) is 4.07. The zero-order chi connectivity index (χ0) is 19.0. The molecule has 6 nitrogen and oxygen atoms in total. The number of aryl methyl sites for hydroxylation is 1. The highest BCUT2D eigenvalue weighted by molar-refractivity contribution is 5.35. The molecule has 0 amide bonds. The maximum Gasteiger partial charge on any atom is 0.255 e. The van der Waals surface area contributed by atoms with Crippen molar-refractivity contribution in [1.29, 1.82) is 0 Å². The van der Waals surface area contributed by atoms with Crippen molar-refractivity contribution >= 4 is 5.95 Å². The van der Waals surface area contributed by atoms with Crippen LogP contribution in [0, 0.1) is 6.92 Å². The first-order valence-corrected chi connectivity index (χ1v) is 9.78. The van der Waals surface area contributed by atoms with E-state index in [2.05, 4.69) is 59.8 Å². The molecule has 1 N–H and O–H groups in total. The number of hydrogen-bond acceptors (Lipinski definition) is 5. The summed E-state index contributed by atoms with van der Waals surface area (Å²) >= 11 is 0. The first kappa shape index (κ1) is 18.2. The number of nitrogens with zero attached hydrogens (tertiary/aromatic N) is 3. The van der Waals surface area contributed by atoms with Crippen LogP contribution in [0.2, 0.25) is 0 Å². The number of hydrogen-bond donors (Lipinski definition) is 1. The normalized spacial score (nSPS) is 23.3. The molecule has 144 valence electrons. The van der Waals surface area contributed by atoms with Gasteiger partial charge in [0.25, 0.3) is 5.56 Å². The van der Waals surface area contributed by atoms with Crippen molar-refractivity contribution in [3.63, 3.8) is 0 Å². The molecule has 2 atom stereocenters. The molecule has 1 fully saturated rings. The van der Waals surface area contributed by atoms with Crippen LogP contribution in [0.3, 0.4) is 0 Å². The average molecular weight is 368 g/mol. The lowest BCUT2D eigenvalue weighted by atomic mass is 10.1. The molecule has 0 unspecified atom stereocenters. The Labute approximate surface area is 160 Å². The van der Waals surface area contributed by atoms with Crippen LogP contribution in [-0.4, -0.2) is 46.7 Å². The number of aromatic nitrogens is 2. The van der Waals surface area contributed by atoms with Crippen molar-refractivity contribution in [3.05, 3.63) is 57.0 Å². The third-order valence-corrected chi connectivity index (χ3v) is 5.39. The molecule has 2 aliphatic rings. The molecule has 6 heteroatoms. The first-order valence-electron chi connectivity index (χ1n) is 9.78. The second-order valence-corrected chi connectivity index (χ2v) is 7.92. The van der Waals surface area contributed by atoms with Gasteiger partial charge in [0.1, 0.15) is 0 Å². The van der Waals surface area contributed by atoms with Crippen molar-refractivity contribution in [2.24, 2.45) is 0 Å². The maximum atomic E-state index is 12.6. The molecule has 1 aromatic heterocycles. The van der Waals surface area contributed by atoms with Gasteiger partial charge in [0.2, 0.25) is 5.95 Å². The van der Waals surface area contributed by atoms with E-state index in [0.717, 1.165) is 50.4 Å². The van der Waals surface area contributed by atoms with Crippen molar-refractivity contribution in [3.8, 4) is 0 Å². The summed E-state index contributed by atoms with van der Waals surface area (Å²) < 4.78 is 5.80. The van der Waals surface area contributed by atoms with Crippen LogP contribution >= 0.6 is 0 Å². The second kappa shape index (κ2) is 7.44. The van der Waals surface area contributed by atoms with E-state index in [0.29, 0.717) is 5.95 Å². The highest BCUT2D eigenvalue weighted by Gasteiger charge is 2.26. The molecule has 27 heavy (non-hydrogen) atoms. The Balaban J connectivity index is 1.54. The summed E-state index contributed by atoms with van der Waals surface area (Å²) in [6.45, 7) is 10.2. The number of rotatable bonds is 3. The Morgan fingerprint density at radius 1 is 1.19 bits per heavy atom. The maximum absolute atomic E-state index is 12.6. The number of benzene rings is 1. The number of nitrogens with one attached hydrogen (secondary N) is 1. The Morgan fingerprint density at radius 2 is 1.89 bits per heavy atom. The molecule has 3 heterocycles. The molecule has 0 radical (unpaired) electrons. The SMILES string of the molecule is Cc1ccc(CN2CCc3c(nc(N4C[C@H](C)O[C@@H](C)C4)[nH]c3=O)C2)cc1. The molecular weight excluding hydrogens is 340 g/mol. The van der Waals surface area contributed by atoms with Crippen LogP contribution in [0.15, 0.2) is 29.1 Å². The highest BCUT2D eigenvalue weighted by Crippen LogP contribution is 2.21. The van der Waals surface area contributed by atoms with Gasteiger partial charge in [-0.05, 0) is 32.8 Å². The van der Waals surface area contributed by atoms with Crippen LogP contribution in [0.4, 0.5) is 5.95 Å². The quantitative estimate of drug-likeness (QED) is 0.900. The molecule has 1 aromatic carbocycles. The monoisotopic (exact) mass is 368 g/mol. The summed E-state index contributed by atoms with van der Waals surface area (Å²) in [5, 5.41) is 0. The van der Waals surface area contributed by atoms with E-state index in [1.165, 1.54) is 11.1 Å². The summed E-state index contributed by atoms with van der Waals surface area (Å²) in [4.78, 5) is 25.0. The lowest BCUT2D eigenvalue weighted by molar-refractivity contribution is -0.00576.